The van der Waals surface area contributed by atoms with E-state index >= 15 is 0 Å². The Bertz CT molecular complexity index is 1250. The van der Waals surface area contributed by atoms with Crippen LogP contribution in [-0.4, -0.2) is 60.8 Å². The first kappa shape index (κ1) is 31.7. The standard InChI is InChI=1S/C26H27Cl2F6N3O3/c1-24(2,3)40-23(39)37-12-18(14-6-7-19(27)20(28)8-14)21(13-37)36(5)22(38)35(4)17-10-15(25(29,30)31)9-16(11-17)26(32,33)34/h6-11,18,21H,12-13H2,1-5H3/t18-,21-/m1/s1. The van der Waals surface area contributed by atoms with Crippen LogP contribution in [0.25, 0.3) is 0 Å². The van der Waals surface area contributed by atoms with E-state index < -0.39 is 58.9 Å². The van der Waals surface area contributed by atoms with Crippen molar-refractivity contribution in [3.05, 3.63) is 63.1 Å². The number of rotatable bonds is 3. The molecule has 1 aliphatic heterocycles. The SMILES string of the molecule is CN(C(=O)N(C)[C@@H]1CN(C(=O)OC(C)(C)C)C[C@@H]1c1ccc(Cl)c(Cl)c1)c1cc(C(F)(F)F)cc(C(F)(F)F)c1. The fourth-order valence-electron chi connectivity index (χ4n) is 4.35. The van der Waals surface area contributed by atoms with Gasteiger partial charge in [0, 0.05) is 38.8 Å². The highest BCUT2D eigenvalue weighted by Crippen LogP contribution is 2.39. The second-order valence-corrected chi connectivity index (χ2v) is 11.3. The molecule has 40 heavy (non-hydrogen) atoms. The molecule has 3 amide bonds. The van der Waals surface area contributed by atoms with Crippen molar-refractivity contribution < 1.29 is 40.7 Å². The maximum absolute atomic E-state index is 13.5. The molecule has 1 saturated heterocycles. The number of nitrogens with zero attached hydrogens (tertiary/aromatic N) is 3. The topological polar surface area (TPSA) is 53.1 Å². The summed E-state index contributed by atoms with van der Waals surface area (Å²) in [6.07, 6.45) is -10.8. The van der Waals surface area contributed by atoms with Gasteiger partial charge in [-0.1, -0.05) is 29.3 Å². The molecule has 220 valence electrons. The Morgan fingerprint density at radius 2 is 1.43 bits per heavy atom. The number of ether oxygens (including phenoxy) is 1. The van der Waals surface area contributed by atoms with E-state index in [1.165, 1.54) is 16.8 Å². The number of amides is 3. The molecule has 3 rings (SSSR count). The first-order chi connectivity index (χ1) is 18.2. The third-order valence-electron chi connectivity index (χ3n) is 6.36. The average molecular weight is 614 g/mol. The zero-order valence-corrected chi connectivity index (χ0v) is 23.6. The maximum Gasteiger partial charge on any atom is 0.416 e. The van der Waals surface area contributed by atoms with Gasteiger partial charge >= 0.3 is 24.5 Å². The number of urea groups is 1. The Hall–Kier alpha value is -2.86. The molecular formula is C26H27Cl2F6N3O3. The molecule has 0 bridgehead atoms. The van der Waals surface area contributed by atoms with E-state index in [4.69, 9.17) is 27.9 Å². The van der Waals surface area contributed by atoms with Crippen LogP contribution >= 0.6 is 23.2 Å². The summed E-state index contributed by atoms with van der Waals surface area (Å²) >= 11 is 12.2. The molecule has 0 saturated carbocycles. The Labute approximate surface area is 237 Å². The quantitative estimate of drug-likeness (QED) is 0.330. The summed E-state index contributed by atoms with van der Waals surface area (Å²) in [5.41, 5.74) is -3.90. The summed E-state index contributed by atoms with van der Waals surface area (Å²) in [5, 5.41) is 0.501. The van der Waals surface area contributed by atoms with Crippen molar-refractivity contribution >= 4 is 41.0 Å². The van der Waals surface area contributed by atoms with E-state index in [1.54, 1.807) is 39.0 Å². The van der Waals surface area contributed by atoms with Crippen LogP contribution in [0.2, 0.25) is 10.0 Å². The highest BCUT2D eigenvalue weighted by molar-refractivity contribution is 6.42. The third kappa shape index (κ3) is 7.25. The van der Waals surface area contributed by atoms with E-state index in [2.05, 4.69) is 0 Å². The van der Waals surface area contributed by atoms with Crippen molar-refractivity contribution in [3.8, 4) is 0 Å². The van der Waals surface area contributed by atoms with Crippen LogP contribution in [0.15, 0.2) is 36.4 Å². The summed E-state index contributed by atoms with van der Waals surface area (Å²) in [5.74, 6) is -0.531. The van der Waals surface area contributed by atoms with Gasteiger partial charge in [-0.15, -0.1) is 0 Å². The first-order valence-corrected chi connectivity index (χ1v) is 12.7. The number of likely N-dealkylation sites (tertiary alicyclic amines) is 1. The zero-order chi connectivity index (χ0) is 30.4. The molecule has 6 nitrogen and oxygen atoms in total. The minimum absolute atomic E-state index is 0.0124. The van der Waals surface area contributed by atoms with Gasteiger partial charge in [-0.2, -0.15) is 26.3 Å². The fourth-order valence-corrected chi connectivity index (χ4v) is 4.65. The number of halogens is 8. The van der Waals surface area contributed by atoms with Crippen LogP contribution in [0.1, 0.15) is 43.4 Å². The number of alkyl halides is 6. The van der Waals surface area contributed by atoms with E-state index in [0.717, 1.165) is 7.05 Å². The first-order valence-electron chi connectivity index (χ1n) is 11.9. The van der Waals surface area contributed by atoms with Crippen LogP contribution < -0.4 is 4.90 Å². The summed E-state index contributed by atoms with van der Waals surface area (Å²) in [6.45, 7) is 5.13. The van der Waals surface area contributed by atoms with Gasteiger partial charge in [0.2, 0.25) is 0 Å². The molecular weight excluding hydrogens is 587 g/mol. The number of likely N-dealkylation sites (N-methyl/N-ethyl adjacent to an activating group) is 1. The lowest BCUT2D eigenvalue weighted by atomic mass is 9.93. The Morgan fingerprint density at radius 3 is 1.90 bits per heavy atom. The molecule has 2 atom stereocenters. The molecule has 14 heteroatoms. The third-order valence-corrected chi connectivity index (χ3v) is 7.10. The summed E-state index contributed by atoms with van der Waals surface area (Å²) in [6, 6.07) is 4.07. The average Bonchev–Trinajstić information content (AvgIpc) is 3.27. The van der Waals surface area contributed by atoms with Crippen molar-refractivity contribution in [1.29, 1.82) is 0 Å². The molecule has 1 heterocycles. The van der Waals surface area contributed by atoms with Gasteiger partial charge in [0.15, 0.2) is 0 Å². The predicted molar refractivity (Wildman–Crippen MR) is 139 cm³/mol. The predicted octanol–water partition coefficient (Wildman–Crippen LogP) is 7.92. The Kier molecular flexibility index (Phi) is 8.86. The number of anilines is 1. The maximum atomic E-state index is 13.5. The van der Waals surface area contributed by atoms with Crippen molar-refractivity contribution in [2.45, 2.75) is 50.7 Å². The molecule has 0 radical (unpaired) electrons. The molecule has 0 spiro atoms. The van der Waals surface area contributed by atoms with E-state index in [1.807, 2.05) is 0 Å². The molecule has 0 N–H and O–H groups in total. The number of benzene rings is 2. The minimum Gasteiger partial charge on any atom is -0.444 e. The van der Waals surface area contributed by atoms with Gasteiger partial charge in [-0.25, -0.2) is 9.59 Å². The van der Waals surface area contributed by atoms with Crippen molar-refractivity contribution in [2.24, 2.45) is 0 Å². The number of carbonyl (C=O) groups excluding carboxylic acids is 2. The smallest absolute Gasteiger partial charge is 0.416 e. The normalized spacial score (nSPS) is 18.1. The molecule has 2 aromatic carbocycles. The van der Waals surface area contributed by atoms with Crippen LogP contribution in [0, 0.1) is 0 Å². The van der Waals surface area contributed by atoms with Crippen molar-refractivity contribution in [1.82, 2.24) is 9.80 Å². The molecule has 1 fully saturated rings. The summed E-state index contributed by atoms with van der Waals surface area (Å²) < 4.78 is 85.8. The van der Waals surface area contributed by atoms with Crippen LogP contribution in [0.4, 0.5) is 41.6 Å². The van der Waals surface area contributed by atoms with Gasteiger partial charge in [0.25, 0.3) is 0 Å². The van der Waals surface area contributed by atoms with E-state index in [9.17, 15) is 35.9 Å². The Morgan fingerprint density at radius 1 is 0.875 bits per heavy atom. The highest BCUT2D eigenvalue weighted by atomic mass is 35.5. The molecule has 2 aromatic rings. The van der Waals surface area contributed by atoms with E-state index in [0.29, 0.717) is 22.6 Å². The molecule has 0 aliphatic carbocycles. The minimum atomic E-state index is -5.08. The highest BCUT2D eigenvalue weighted by Gasteiger charge is 2.43. The lowest BCUT2D eigenvalue weighted by Gasteiger charge is -2.33. The van der Waals surface area contributed by atoms with Gasteiger partial charge in [0.1, 0.15) is 5.60 Å². The number of hydrogen-bond acceptors (Lipinski definition) is 3. The van der Waals surface area contributed by atoms with E-state index in [-0.39, 0.29) is 29.2 Å². The largest absolute Gasteiger partial charge is 0.444 e. The van der Waals surface area contributed by atoms with Gasteiger partial charge in [-0.05, 0) is 56.7 Å². The molecule has 0 aromatic heterocycles. The lowest BCUT2D eigenvalue weighted by Crippen LogP contribution is -2.48. The monoisotopic (exact) mass is 613 g/mol. The van der Waals surface area contributed by atoms with Crippen molar-refractivity contribution in [2.75, 3.05) is 32.1 Å². The second kappa shape index (κ2) is 11.2. The Balaban J connectivity index is 1.98. The van der Waals surface area contributed by atoms with Crippen molar-refractivity contribution in [3.63, 3.8) is 0 Å². The zero-order valence-electron chi connectivity index (χ0n) is 22.1. The molecule has 0 unspecified atom stereocenters. The number of hydrogen-bond donors (Lipinski definition) is 0. The second-order valence-electron chi connectivity index (χ2n) is 10.4. The van der Waals surface area contributed by atoms with Crippen LogP contribution in [0.5, 0.6) is 0 Å². The molecule has 1 aliphatic rings. The van der Waals surface area contributed by atoms with Gasteiger partial charge in [0.05, 0.1) is 27.2 Å². The fraction of sp³-hybridized carbons (Fsp3) is 0.462. The van der Waals surface area contributed by atoms with Gasteiger partial charge < -0.3 is 14.5 Å². The van der Waals surface area contributed by atoms with Crippen LogP contribution in [0.3, 0.4) is 0 Å². The number of carbonyl (C=O) groups is 2. The lowest BCUT2D eigenvalue weighted by molar-refractivity contribution is -0.143. The summed E-state index contributed by atoms with van der Waals surface area (Å²) in [4.78, 5) is 29.6. The van der Waals surface area contributed by atoms with Gasteiger partial charge in [-0.3, -0.25) is 4.90 Å². The van der Waals surface area contributed by atoms with Crippen LogP contribution in [-0.2, 0) is 17.1 Å². The summed E-state index contributed by atoms with van der Waals surface area (Å²) in [7, 11) is 2.42.